The van der Waals surface area contributed by atoms with Gasteiger partial charge in [0, 0.05) is 49.6 Å². The molecule has 5 heterocycles. The number of hydrogen-bond donors (Lipinski definition) is 1. The molecule has 36 heavy (non-hydrogen) atoms. The first-order chi connectivity index (χ1) is 17.6. The quantitative estimate of drug-likeness (QED) is 0.431. The van der Waals surface area contributed by atoms with Crippen LogP contribution in [-0.2, 0) is 11.3 Å². The minimum absolute atomic E-state index is 0.0186. The number of nitriles is 1. The highest BCUT2D eigenvalue weighted by Crippen LogP contribution is 2.34. The fourth-order valence-corrected chi connectivity index (χ4v) is 4.56. The Morgan fingerprint density at radius 1 is 1.17 bits per heavy atom. The Hall–Kier alpha value is -4.29. The highest BCUT2D eigenvalue weighted by molar-refractivity contribution is 5.93. The molecular weight excluding hydrogens is 454 g/mol. The second-order valence-electron chi connectivity index (χ2n) is 9.34. The molecule has 6 rings (SSSR count). The molecule has 0 unspecified atom stereocenters. The van der Waals surface area contributed by atoms with Crippen molar-refractivity contribution >= 4 is 17.2 Å². The summed E-state index contributed by atoms with van der Waals surface area (Å²) in [5.41, 5.74) is 3.89. The van der Waals surface area contributed by atoms with Crippen LogP contribution in [0.2, 0.25) is 0 Å². The van der Waals surface area contributed by atoms with Crippen LogP contribution in [0.5, 0.6) is 5.75 Å². The second kappa shape index (κ2) is 9.40. The molecule has 4 aromatic rings. The fraction of sp³-hybridized carbons (Fsp3) is 0.296. The van der Waals surface area contributed by atoms with Crippen LogP contribution >= 0.6 is 0 Å². The van der Waals surface area contributed by atoms with E-state index in [0.717, 1.165) is 61.2 Å². The number of carbonyl (C=O) groups excluding carboxylic acids is 1. The summed E-state index contributed by atoms with van der Waals surface area (Å²) in [5, 5.41) is 16.8. The molecule has 0 bridgehead atoms. The van der Waals surface area contributed by atoms with E-state index in [-0.39, 0.29) is 17.9 Å². The lowest BCUT2D eigenvalue weighted by Gasteiger charge is -2.18. The number of likely N-dealkylation sites (tertiary alicyclic amines) is 1. The van der Waals surface area contributed by atoms with Crippen molar-refractivity contribution in [3.05, 3.63) is 72.4 Å². The van der Waals surface area contributed by atoms with E-state index in [2.05, 4.69) is 31.4 Å². The smallest absolute Gasteiger partial charge is 0.228 e. The molecule has 1 aliphatic carbocycles. The number of anilines is 1. The zero-order chi connectivity index (χ0) is 24.5. The summed E-state index contributed by atoms with van der Waals surface area (Å²) in [6.07, 6.45) is 8.10. The van der Waals surface area contributed by atoms with Gasteiger partial charge in [-0.15, -0.1) is 0 Å². The number of hydrogen-bond acceptors (Lipinski definition) is 7. The van der Waals surface area contributed by atoms with Crippen LogP contribution in [0.1, 0.15) is 30.7 Å². The van der Waals surface area contributed by atoms with Gasteiger partial charge in [-0.25, -0.2) is 9.50 Å². The first kappa shape index (κ1) is 22.2. The van der Waals surface area contributed by atoms with Crippen LogP contribution in [0.4, 0.5) is 5.82 Å². The predicted octanol–water partition coefficient (Wildman–Crippen LogP) is 3.66. The molecule has 0 aromatic carbocycles. The Morgan fingerprint density at radius 2 is 2.08 bits per heavy atom. The van der Waals surface area contributed by atoms with Gasteiger partial charge in [-0.2, -0.15) is 10.4 Å². The summed E-state index contributed by atoms with van der Waals surface area (Å²) < 4.78 is 8.15. The molecule has 1 N–H and O–H groups in total. The van der Waals surface area contributed by atoms with Crippen molar-refractivity contribution in [1.29, 1.82) is 5.26 Å². The number of aromatic nitrogens is 4. The van der Waals surface area contributed by atoms with Gasteiger partial charge >= 0.3 is 0 Å². The number of nitrogens with one attached hydrogen (secondary N) is 1. The molecular formula is C27H25N7O2. The van der Waals surface area contributed by atoms with Gasteiger partial charge in [-0.3, -0.25) is 14.7 Å². The number of carbonyl (C=O) groups is 1. The Kier molecular flexibility index (Phi) is 5.79. The summed E-state index contributed by atoms with van der Waals surface area (Å²) in [7, 11) is 0. The standard InChI is InChI=1S/C27H25N7O2/c28-14-21-12-24(19-6-10-34-22(11-19)13-26(32-34)31-27(35)18-4-5-18)25(15-30-21)36-23-7-9-33(17-23)16-20-3-1-2-8-29-20/h1-3,6,8,10-13,15,18,23H,4-5,7,9,16-17H2,(H,31,32,35)/t23-/m1/s1. The molecule has 1 aliphatic heterocycles. The van der Waals surface area contributed by atoms with Crippen molar-refractivity contribution in [3.63, 3.8) is 0 Å². The van der Waals surface area contributed by atoms with E-state index in [1.807, 2.05) is 48.8 Å². The van der Waals surface area contributed by atoms with E-state index in [9.17, 15) is 10.1 Å². The maximum atomic E-state index is 12.1. The molecule has 2 fully saturated rings. The predicted molar refractivity (Wildman–Crippen MR) is 133 cm³/mol. The largest absolute Gasteiger partial charge is 0.487 e. The summed E-state index contributed by atoms with van der Waals surface area (Å²) in [5.74, 6) is 1.31. The molecule has 2 aliphatic rings. The Balaban J connectivity index is 1.22. The third-order valence-electron chi connectivity index (χ3n) is 6.59. The van der Waals surface area contributed by atoms with Gasteiger partial charge in [-0.1, -0.05) is 6.07 Å². The molecule has 1 saturated carbocycles. The number of rotatable bonds is 7. The molecule has 1 atom stereocenters. The van der Waals surface area contributed by atoms with E-state index in [4.69, 9.17) is 4.74 Å². The van der Waals surface area contributed by atoms with Crippen molar-refractivity contribution in [2.45, 2.75) is 31.9 Å². The first-order valence-corrected chi connectivity index (χ1v) is 12.1. The lowest BCUT2D eigenvalue weighted by atomic mass is 10.1. The minimum Gasteiger partial charge on any atom is -0.487 e. The SMILES string of the molecule is N#Cc1cc(-c2ccn3nc(NC(=O)C4CC4)cc3c2)c(O[C@@H]2CCN(Cc3ccccn3)C2)cn1. The molecule has 4 aromatic heterocycles. The summed E-state index contributed by atoms with van der Waals surface area (Å²) in [6.45, 7) is 2.51. The van der Waals surface area contributed by atoms with E-state index in [1.165, 1.54) is 0 Å². The molecule has 1 saturated heterocycles. The number of nitrogens with zero attached hydrogens (tertiary/aromatic N) is 6. The summed E-state index contributed by atoms with van der Waals surface area (Å²) >= 11 is 0. The lowest BCUT2D eigenvalue weighted by molar-refractivity contribution is -0.117. The van der Waals surface area contributed by atoms with Crippen LogP contribution in [0.15, 0.2) is 61.1 Å². The van der Waals surface area contributed by atoms with Gasteiger partial charge in [0.2, 0.25) is 5.91 Å². The number of amides is 1. The van der Waals surface area contributed by atoms with Crippen molar-refractivity contribution in [2.75, 3.05) is 18.4 Å². The first-order valence-electron chi connectivity index (χ1n) is 12.1. The molecule has 9 heteroatoms. The molecule has 0 radical (unpaired) electrons. The van der Waals surface area contributed by atoms with Gasteiger partial charge in [0.05, 0.1) is 17.4 Å². The highest BCUT2D eigenvalue weighted by Gasteiger charge is 2.30. The van der Waals surface area contributed by atoms with E-state index >= 15 is 0 Å². The number of pyridine rings is 3. The normalized spacial score (nSPS) is 17.7. The maximum Gasteiger partial charge on any atom is 0.228 e. The highest BCUT2D eigenvalue weighted by atomic mass is 16.5. The third-order valence-corrected chi connectivity index (χ3v) is 6.59. The van der Waals surface area contributed by atoms with Crippen LogP contribution in [-0.4, -0.2) is 49.6 Å². The van der Waals surface area contributed by atoms with Gasteiger partial charge in [0.25, 0.3) is 0 Å². The van der Waals surface area contributed by atoms with Crippen LogP contribution in [0.25, 0.3) is 16.6 Å². The summed E-state index contributed by atoms with van der Waals surface area (Å²) in [6, 6.07) is 15.6. The molecule has 9 nitrogen and oxygen atoms in total. The average molecular weight is 480 g/mol. The van der Waals surface area contributed by atoms with Crippen molar-refractivity contribution in [3.8, 4) is 22.9 Å². The molecule has 0 spiro atoms. The number of ether oxygens (including phenoxy) is 1. The Bertz CT molecular complexity index is 1460. The maximum absolute atomic E-state index is 12.1. The lowest BCUT2D eigenvalue weighted by Crippen LogP contribution is -2.25. The van der Waals surface area contributed by atoms with Crippen LogP contribution in [0, 0.1) is 17.2 Å². The van der Waals surface area contributed by atoms with Gasteiger partial charge in [0.1, 0.15) is 23.6 Å². The summed E-state index contributed by atoms with van der Waals surface area (Å²) in [4.78, 5) is 23.1. The van der Waals surface area contributed by atoms with E-state index in [0.29, 0.717) is 17.3 Å². The Labute approximate surface area is 208 Å². The van der Waals surface area contributed by atoms with Crippen LogP contribution < -0.4 is 10.1 Å². The zero-order valence-electron chi connectivity index (χ0n) is 19.7. The fourth-order valence-electron chi connectivity index (χ4n) is 4.56. The average Bonchev–Trinajstić information content (AvgIpc) is 3.55. The van der Waals surface area contributed by atoms with E-state index < -0.39 is 0 Å². The van der Waals surface area contributed by atoms with Crippen LogP contribution in [0.3, 0.4) is 0 Å². The van der Waals surface area contributed by atoms with Gasteiger partial charge in [0.15, 0.2) is 5.82 Å². The number of fused-ring (bicyclic) bond motifs is 1. The molecule has 180 valence electrons. The minimum atomic E-state index is 0.0186. The van der Waals surface area contributed by atoms with Crippen molar-refractivity contribution in [1.82, 2.24) is 24.5 Å². The Morgan fingerprint density at radius 3 is 2.89 bits per heavy atom. The van der Waals surface area contributed by atoms with Gasteiger partial charge < -0.3 is 10.1 Å². The van der Waals surface area contributed by atoms with E-state index in [1.54, 1.807) is 16.8 Å². The van der Waals surface area contributed by atoms with Crippen molar-refractivity contribution < 1.29 is 9.53 Å². The van der Waals surface area contributed by atoms with Gasteiger partial charge in [-0.05, 0) is 55.2 Å². The van der Waals surface area contributed by atoms with Crippen molar-refractivity contribution in [2.24, 2.45) is 5.92 Å². The molecule has 1 amide bonds. The second-order valence-corrected chi connectivity index (χ2v) is 9.34. The zero-order valence-corrected chi connectivity index (χ0v) is 19.7. The third kappa shape index (κ3) is 4.76. The topological polar surface area (TPSA) is 108 Å². The monoisotopic (exact) mass is 479 g/mol.